The van der Waals surface area contributed by atoms with E-state index in [2.05, 4.69) is 171 Å². The van der Waals surface area contributed by atoms with Gasteiger partial charge in [0, 0.05) is 0 Å². The molecule has 2 aliphatic rings. The van der Waals surface area contributed by atoms with Crippen LogP contribution in [0.3, 0.4) is 0 Å². The normalized spacial score (nSPS) is 17.0. The Balaban J connectivity index is 1.48. The van der Waals surface area contributed by atoms with Gasteiger partial charge >= 0.3 is 273 Å². The van der Waals surface area contributed by atoms with Crippen LogP contribution >= 0.6 is 0 Å². The summed E-state index contributed by atoms with van der Waals surface area (Å²) in [5.74, 6) is 0. The molecule has 5 aromatic rings. The molecule has 0 spiro atoms. The Morgan fingerprint density at radius 3 is 1.44 bits per heavy atom. The predicted octanol–water partition coefficient (Wildman–Crippen LogP) is 11.4. The van der Waals surface area contributed by atoms with Gasteiger partial charge < -0.3 is 0 Å². The molecule has 0 N–H and O–H groups in total. The van der Waals surface area contributed by atoms with E-state index in [-0.39, 0.29) is 0 Å². The summed E-state index contributed by atoms with van der Waals surface area (Å²) in [5.41, 5.74) is 15.9. The molecule has 7 rings (SSSR count). The molecule has 0 bridgehead atoms. The van der Waals surface area contributed by atoms with Crippen LogP contribution in [0.2, 0.25) is 15.9 Å². The molecule has 5 aromatic carbocycles. The molecule has 0 aromatic heterocycles. The molecular weight excluding hydrogens is 723 g/mol. The molecule has 45 heavy (non-hydrogen) atoms. The van der Waals surface area contributed by atoms with E-state index < -0.39 is 22.6 Å². The van der Waals surface area contributed by atoms with Crippen molar-refractivity contribution in [1.82, 2.24) is 0 Å². The second kappa shape index (κ2) is 11.2. The third-order valence-corrected chi connectivity index (χ3v) is 66.2. The molecule has 0 heterocycles. The van der Waals surface area contributed by atoms with Gasteiger partial charge in [-0.2, -0.15) is 0 Å². The zero-order chi connectivity index (χ0) is 31.5. The average molecular weight is 767 g/mol. The minimum absolute atomic E-state index is 0.478. The number of allylic oxidation sites excluding steroid dienone is 2. The van der Waals surface area contributed by atoms with Crippen molar-refractivity contribution in [1.29, 1.82) is 0 Å². The average Bonchev–Trinajstić information content (AvgIpc) is 3.70. The van der Waals surface area contributed by atoms with Crippen LogP contribution in [0.15, 0.2) is 115 Å². The van der Waals surface area contributed by atoms with Gasteiger partial charge in [-0.15, -0.1) is 0 Å². The maximum atomic E-state index is 2.84. The van der Waals surface area contributed by atoms with Gasteiger partial charge in [-0.1, -0.05) is 0 Å². The van der Waals surface area contributed by atoms with Crippen LogP contribution in [0, 0.1) is 27.7 Å². The van der Waals surface area contributed by atoms with Crippen LogP contribution < -0.4 is 5.19 Å². The van der Waals surface area contributed by atoms with Gasteiger partial charge in [0.25, 0.3) is 0 Å². The number of rotatable bonds is 5. The van der Waals surface area contributed by atoms with Crippen molar-refractivity contribution in [2.45, 2.75) is 51.0 Å². The third kappa shape index (κ3) is 4.79. The Morgan fingerprint density at radius 1 is 0.511 bits per heavy atom. The van der Waals surface area contributed by atoms with Gasteiger partial charge in [-0.05, 0) is 0 Å². The number of aryl methyl sites for hydroxylation is 4. The molecule has 0 nitrogen and oxygen atoms in total. The molecule has 0 amide bonds. The number of fused-ring (bicyclic) bond motifs is 2. The van der Waals surface area contributed by atoms with Crippen LogP contribution in [0.1, 0.15) is 51.9 Å². The third-order valence-electron chi connectivity index (χ3n) is 11.5. The zero-order valence-corrected chi connectivity index (χ0v) is 32.4. The van der Waals surface area contributed by atoms with Gasteiger partial charge in [0.05, 0.1) is 0 Å². The Morgan fingerprint density at radius 2 is 0.978 bits per heavy atom. The fourth-order valence-corrected chi connectivity index (χ4v) is 51.9. The molecule has 0 aliphatic heterocycles. The van der Waals surface area contributed by atoms with Crippen LogP contribution in [0.25, 0.3) is 34.4 Å². The second-order valence-electron chi connectivity index (χ2n) is 14.5. The van der Waals surface area contributed by atoms with Crippen molar-refractivity contribution in [3.8, 4) is 22.3 Å². The van der Waals surface area contributed by atoms with Gasteiger partial charge in [0.2, 0.25) is 0 Å². The van der Waals surface area contributed by atoms with Gasteiger partial charge in [0.1, 0.15) is 0 Å². The fourth-order valence-electron chi connectivity index (χ4n) is 8.55. The van der Waals surface area contributed by atoms with Crippen LogP contribution in [-0.4, -0.2) is 5.49 Å². The number of hydrogen-bond donors (Lipinski definition) is 0. The standard InChI is InChI=1S/2C17H15.C7H8Si.2CH3.Hf/c2*1-12-9-10-13(2)17(11-12)16-8-4-6-14-5-3-7-15(14)16;1-8-7-5-3-2-4-6-7;;;/h2*3-11H,1-2H3;2-6H,1H3;2*1H3;. The topological polar surface area (TPSA) is 0 Å². The Bertz CT molecular complexity index is 2000. The van der Waals surface area contributed by atoms with E-state index in [1.807, 2.05) is 0 Å². The summed E-state index contributed by atoms with van der Waals surface area (Å²) in [7, 11) is 0. The van der Waals surface area contributed by atoms with E-state index in [1.54, 1.807) is 16.3 Å². The Kier molecular flexibility index (Phi) is 7.53. The van der Waals surface area contributed by atoms with Crippen molar-refractivity contribution in [3.05, 3.63) is 160 Å². The summed E-state index contributed by atoms with van der Waals surface area (Å²) in [6.45, 7) is 11.6. The fraction of sp³-hybridized carbons (Fsp3) is 0.209. The Hall–Kier alpha value is -3.33. The summed E-state index contributed by atoms with van der Waals surface area (Å²) >= 11 is -4.06. The summed E-state index contributed by atoms with van der Waals surface area (Å²) in [5, 5.41) is 1.59. The molecular formula is C43H44HfSi. The first-order valence-electron chi connectivity index (χ1n) is 16.4. The first-order valence-corrected chi connectivity index (χ1v) is 35.2. The summed E-state index contributed by atoms with van der Waals surface area (Å²) in [6.07, 6.45) is 10.3. The van der Waals surface area contributed by atoms with Crippen molar-refractivity contribution in [2.75, 3.05) is 0 Å². The van der Waals surface area contributed by atoms with E-state index >= 15 is 0 Å². The summed E-state index contributed by atoms with van der Waals surface area (Å²) in [4.78, 5) is 0. The maximum absolute atomic E-state index is 4.06. The Labute approximate surface area is 271 Å². The summed E-state index contributed by atoms with van der Waals surface area (Å²) in [6, 6.07) is 39.6. The van der Waals surface area contributed by atoms with E-state index in [0.29, 0.717) is 7.35 Å². The van der Waals surface area contributed by atoms with E-state index in [0.717, 1.165) is 0 Å². The van der Waals surface area contributed by atoms with Crippen molar-refractivity contribution in [2.24, 2.45) is 0 Å². The minimum atomic E-state index is -4.06. The molecule has 2 atom stereocenters. The zero-order valence-electron chi connectivity index (χ0n) is 27.8. The second-order valence-corrected chi connectivity index (χ2v) is 60.6. The molecule has 2 heteroatoms. The molecule has 2 unspecified atom stereocenters. The molecule has 0 saturated heterocycles. The quantitative estimate of drug-likeness (QED) is 0.156. The molecule has 224 valence electrons. The molecule has 0 fully saturated rings. The van der Waals surface area contributed by atoms with Crippen molar-refractivity contribution >= 4 is 22.8 Å². The molecule has 0 radical (unpaired) electrons. The van der Waals surface area contributed by atoms with Gasteiger partial charge in [0.15, 0.2) is 0 Å². The van der Waals surface area contributed by atoms with E-state index in [4.69, 9.17) is 0 Å². The van der Waals surface area contributed by atoms with Gasteiger partial charge in [-0.3, -0.25) is 0 Å². The number of benzene rings is 5. The van der Waals surface area contributed by atoms with Gasteiger partial charge in [-0.25, -0.2) is 0 Å². The van der Waals surface area contributed by atoms with Crippen LogP contribution in [0.5, 0.6) is 0 Å². The van der Waals surface area contributed by atoms with E-state index in [1.165, 1.54) is 55.6 Å². The monoisotopic (exact) mass is 768 g/mol. The van der Waals surface area contributed by atoms with E-state index in [9.17, 15) is 0 Å². The SMILES string of the molecule is Cc1ccc(C)c(-c2cccc3c2C=C[CH]3[Hf]([CH3])([CH3])([CH]2C=Cc3c(-c4cc(C)ccc4C)cccc32)=[Si](C)c2ccccc2)c1. The predicted molar refractivity (Wildman–Crippen MR) is 196 cm³/mol. The first kappa shape index (κ1) is 30.3. The van der Waals surface area contributed by atoms with Crippen LogP contribution in [-0.2, 0) is 17.1 Å². The van der Waals surface area contributed by atoms with Crippen molar-refractivity contribution < 1.29 is 17.1 Å². The van der Waals surface area contributed by atoms with Crippen LogP contribution in [0.4, 0.5) is 0 Å². The molecule has 0 saturated carbocycles. The molecule has 2 aliphatic carbocycles. The summed E-state index contributed by atoms with van der Waals surface area (Å²) < 4.78 is 6.63. The van der Waals surface area contributed by atoms with Crippen molar-refractivity contribution in [3.63, 3.8) is 0 Å². The first-order chi connectivity index (χ1) is 21.6. The number of hydrogen-bond acceptors (Lipinski definition) is 0.